The summed E-state index contributed by atoms with van der Waals surface area (Å²) >= 11 is 0. The van der Waals surface area contributed by atoms with Crippen molar-refractivity contribution in [1.82, 2.24) is 15.0 Å². The van der Waals surface area contributed by atoms with Gasteiger partial charge in [-0.15, -0.1) is 5.10 Å². The quantitative estimate of drug-likeness (QED) is 0.866. The van der Waals surface area contributed by atoms with Crippen molar-refractivity contribution in [3.63, 3.8) is 0 Å². The molecule has 0 atom stereocenters. The molecular formula is C12H17N5. The third kappa shape index (κ3) is 2.96. The molecule has 0 spiro atoms. The minimum atomic E-state index is 0.690. The first-order chi connectivity index (χ1) is 8.15. The number of benzene rings is 1. The lowest BCUT2D eigenvalue weighted by Gasteiger charge is -2.13. The van der Waals surface area contributed by atoms with Crippen molar-refractivity contribution in [3.05, 3.63) is 36.2 Å². The Morgan fingerprint density at radius 1 is 1.24 bits per heavy atom. The summed E-state index contributed by atoms with van der Waals surface area (Å²) in [5.74, 6) is 0. The second kappa shape index (κ2) is 4.86. The molecule has 0 amide bonds. The smallest absolute Gasteiger partial charge is 0.102 e. The summed E-state index contributed by atoms with van der Waals surface area (Å²) in [4.78, 5) is 2.08. The largest absolute Gasteiger partial charge is 0.379 e. The fraction of sp³-hybridized carbons (Fsp3) is 0.333. The average Bonchev–Trinajstić information content (AvgIpc) is 2.73. The maximum atomic E-state index is 4.02. The minimum absolute atomic E-state index is 0.690. The van der Waals surface area contributed by atoms with E-state index in [-0.39, 0.29) is 0 Å². The lowest BCUT2D eigenvalue weighted by molar-refractivity contribution is 0.713. The predicted molar refractivity (Wildman–Crippen MR) is 69.1 cm³/mol. The number of nitrogens with zero attached hydrogens (tertiary/aromatic N) is 4. The maximum Gasteiger partial charge on any atom is 0.102 e. The molecule has 2 aromatic rings. The van der Waals surface area contributed by atoms with Crippen LogP contribution in [-0.4, -0.2) is 29.1 Å². The second-order valence-corrected chi connectivity index (χ2v) is 4.18. The van der Waals surface area contributed by atoms with Crippen LogP contribution in [0.2, 0.25) is 0 Å². The first-order valence-electron chi connectivity index (χ1n) is 5.51. The Morgan fingerprint density at radius 3 is 2.47 bits per heavy atom. The summed E-state index contributed by atoms with van der Waals surface area (Å²) in [7, 11) is 5.92. The Labute approximate surface area is 101 Å². The van der Waals surface area contributed by atoms with Gasteiger partial charge in [-0.25, -0.2) is 0 Å². The Bertz CT molecular complexity index is 472. The van der Waals surface area contributed by atoms with E-state index in [1.165, 1.54) is 5.69 Å². The van der Waals surface area contributed by atoms with Crippen LogP contribution in [-0.2, 0) is 13.6 Å². The van der Waals surface area contributed by atoms with E-state index in [1.807, 2.05) is 27.3 Å². The van der Waals surface area contributed by atoms with E-state index in [1.54, 1.807) is 4.68 Å². The molecule has 0 saturated carbocycles. The van der Waals surface area contributed by atoms with Gasteiger partial charge in [0, 0.05) is 38.7 Å². The second-order valence-electron chi connectivity index (χ2n) is 4.18. The molecule has 0 fully saturated rings. The van der Waals surface area contributed by atoms with E-state index in [0.29, 0.717) is 6.54 Å². The van der Waals surface area contributed by atoms with Crippen molar-refractivity contribution < 1.29 is 0 Å². The number of aromatic nitrogens is 3. The van der Waals surface area contributed by atoms with E-state index in [0.717, 1.165) is 11.4 Å². The number of aryl methyl sites for hydroxylation is 1. The van der Waals surface area contributed by atoms with Gasteiger partial charge < -0.3 is 10.2 Å². The zero-order valence-electron chi connectivity index (χ0n) is 10.4. The predicted octanol–water partition coefficient (Wildman–Crippen LogP) is 1.49. The summed E-state index contributed by atoms with van der Waals surface area (Å²) in [5.41, 5.74) is 3.21. The van der Waals surface area contributed by atoms with Gasteiger partial charge in [0.25, 0.3) is 0 Å². The zero-order valence-corrected chi connectivity index (χ0v) is 10.4. The molecule has 17 heavy (non-hydrogen) atoms. The van der Waals surface area contributed by atoms with Crippen LogP contribution in [0.1, 0.15) is 5.69 Å². The van der Waals surface area contributed by atoms with E-state index in [9.17, 15) is 0 Å². The third-order valence-electron chi connectivity index (χ3n) is 2.51. The van der Waals surface area contributed by atoms with Gasteiger partial charge in [-0.3, -0.25) is 4.68 Å². The van der Waals surface area contributed by atoms with Gasteiger partial charge in [0.05, 0.1) is 6.54 Å². The molecule has 1 aromatic carbocycles. The number of rotatable bonds is 4. The highest BCUT2D eigenvalue weighted by atomic mass is 15.4. The van der Waals surface area contributed by atoms with Crippen molar-refractivity contribution >= 4 is 11.4 Å². The molecule has 5 nitrogen and oxygen atoms in total. The highest BCUT2D eigenvalue weighted by Gasteiger charge is 1.99. The summed E-state index contributed by atoms with van der Waals surface area (Å²) in [6.07, 6.45) is 1.90. The van der Waals surface area contributed by atoms with Crippen LogP contribution in [0, 0.1) is 0 Å². The first kappa shape index (κ1) is 11.4. The van der Waals surface area contributed by atoms with Crippen LogP contribution in [0.15, 0.2) is 30.5 Å². The molecule has 0 saturated heterocycles. The van der Waals surface area contributed by atoms with E-state index in [4.69, 9.17) is 0 Å². The Morgan fingerprint density at radius 2 is 1.94 bits per heavy atom. The van der Waals surface area contributed by atoms with Gasteiger partial charge in [0.2, 0.25) is 0 Å². The van der Waals surface area contributed by atoms with Gasteiger partial charge in [-0.2, -0.15) is 0 Å². The summed E-state index contributed by atoms with van der Waals surface area (Å²) in [5, 5.41) is 11.2. The van der Waals surface area contributed by atoms with Crippen molar-refractivity contribution in [2.24, 2.45) is 7.05 Å². The Hall–Kier alpha value is -2.04. The maximum absolute atomic E-state index is 4.02. The normalized spacial score (nSPS) is 10.3. The molecule has 0 radical (unpaired) electrons. The average molecular weight is 231 g/mol. The monoisotopic (exact) mass is 231 g/mol. The lowest BCUT2D eigenvalue weighted by Crippen LogP contribution is -2.08. The van der Waals surface area contributed by atoms with Crippen molar-refractivity contribution in [2.75, 3.05) is 24.3 Å². The molecule has 1 N–H and O–H groups in total. The molecule has 0 aliphatic heterocycles. The van der Waals surface area contributed by atoms with Gasteiger partial charge in [0.1, 0.15) is 5.69 Å². The van der Waals surface area contributed by atoms with E-state index in [2.05, 4.69) is 44.8 Å². The first-order valence-corrected chi connectivity index (χ1v) is 5.51. The molecule has 0 aliphatic carbocycles. The van der Waals surface area contributed by atoms with Crippen LogP contribution in [0.25, 0.3) is 0 Å². The number of anilines is 2. The molecule has 0 bridgehead atoms. The minimum Gasteiger partial charge on any atom is -0.379 e. The molecule has 1 heterocycles. The third-order valence-corrected chi connectivity index (χ3v) is 2.51. The van der Waals surface area contributed by atoms with Crippen LogP contribution in [0.3, 0.4) is 0 Å². The molecule has 5 heteroatoms. The van der Waals surface area contributed by atoms with Crippen molar-refractivity contribution in [3.8, 4) is 0 Å². The molecular weight excluding hydrogens is 214 g/mol. The zero-order chi connectivity index (χ0) is 12.3. The van der Waals surface area contributed by atoms with Crippen LogP contribution in [0.4, 0.5) is 11.4 Å². The van der Waals surface area contributed by atoms with Crippen LogP contribution < -0.4 is 10.2 Å². The highest BCUT2D eigenvalue weighted by Crippen LogP contribution is 2.15. The van der Waals surface area contributed by atoms with Crippen molar-refractivity contribution in [2.45, 2.75) is 6.54 Å². The SMILES string of the molecule is CN(C)c1ccc(NCc2cn(C)nn2)cc1. The molecule has 90 valence electrons. The summed E-state index contributed by atoms with van der Waals surface area (Å²) in [6.45, 7) is 0.690. The van der Waals surface area contributed by atoms with E-state index < -0.39 is 0 Å². The van der Waals surface area contributed by atoms with Gasteiger partial charge in [-0.1, -0.05) is 5.21 Å². The van der Waals surface area contributed by atoms with Crippen LogP contribution in [0.5, 0.6) is 0 Å². The topological polar surface area (TPSA) is 46.0 Å². The number of hydrogen-bond donors (Lipinski definition) is 1. The van der Waals surface area contributed by atoms with Gasteiger partial charge in [-0.05, 0) is 24.3 Å². The fourth-order valence-corrected chi connectivity index (χ4v) is 1.55. The fourth-order valence-electron chi connectivity index (χ4n) is 1.55. The molecule has 0 aliphatic rings. The van der Waals surface area contributed by atoms with Crippen LogP contribution >= 0.6 is 0 Å². The lowest BCUT2D eigenvalue weighted by atomic mass is 10.2. The van der Waals surface area contributed by atoms with E-state index >= 15 is 0 Å². The number of hydrogen-bond acceptors (Lipinski definition) is 4. The summed E-state index contributed by atoms with van der Waals surface area (Å²) in [6, 6.07) is 8.29. The molecule has 1 aromatic heterocycles. The standard InChI is InChI=1S/C12H17N5/c1-16(2)12-6-4-10(5-7-12)13-8-11-9-17(3)15-14-11/h4-7,9,13H,8H2,1-3H3. The van der Waals surface area contributed by atoms with Gasteiger partial charge in [0.15, 0.2) is 0 Å². The summed E-state index contributed by atoms with van der Waals surface area (Å²) < 4.78 is 1.70. The molecule has 2 rings (SSSR count). The Balaban J connectivity index is 1.95. The Kier molecular flexibility index (Phi) is 3.27. The highest BCUT2D eigenvalue weighted by molar-refractivity contribution is 5.54. The molecule has 0 unspecified atom stereocenters. The number of nitrogens with one attached hydrogen (secondary N) is 1. The van der Waals surface area contributed by atoms with Crippen molar-refractivity contribution in [1.29, 1.82) is 0 Å². The van der Waals surface area contributed by atoms with Gasteiger partial charge >= 0.3 is 0 Å².